The number of nitro groups is 1. The molecule has 10 nitrogen and oxygen atoms in total. The first-order chi connectivity index (χ1) is 14.8. The molecule has 0 aliphatic rings. The molecule has 0 fully saturated rings. The Bertz CT molecular complexity index is 1000. The Morgan fingerprint density at radius 3 is 2.26 bits per heavy atom. The standard InChI is InChI=1S/C21H22N2O8/c1-13(21(25)22-16-12-15(23(26)27)7-9-17(16)28-2)31-20(24)10-6-14-5-8-18(29-3)19(11-14)30-4/h5-13H,1-4H3,(H,22,25)/b10-6+. The first-order valence-corrected chi connectivity index (χ1v) is 9.03. The summed E-state index contributed by atoms with van der Waals surface area (Å²) >= 11 is 0. The molecule has 31 heavy (non-hydrogen) atoms. The lowest BCUT2D eigenvalue weighted by molar-refractivity contribution is -0.384. The normalized spacial score (nSPS) is 11.5. The van der Waals surface area contributed by atoms with Crippen LogP contribution in [0.15, 0.2) is 42.5 Å². The topological polar surface area (TPSA) is 126 Å². The number of esters is 1. The fourth-order valence-corrected chi connectivity index (χ4v) is 2.53. The largest absolute Gasteiger partial charge is 0.495 e. The zero-order valence-electron chi connectivity index (χ0n) is 17.4. The third kappa shape index (κ3) is 6.20. The van der Waals surface area contributed by atoms with Gasteiger partial charge in [0.2, 0.25) is 0 Å². The summed E-state index contributed by atoms with van der Waals surface area (Å²) in [5.74, 6) is -0.151. The molecule has 2 aromatic carbocycles. The molecule has 0 saturated carbocycles. The van der Waals surface area contributed by atoms with Crippen LogP contribution < -0.4 is 19.5 Å². The summed E-state index contributed by atoms with van der Waals surface area (Å²) in [5, 5.41) is 13.4. The second-order valence-electron chi connectivity index (χ2n) is 6.16. The zero-order valence-corrected chi connectivity index (χ0v) is 17.4. The van der Waals surface area contributed by atoms with Crippen LogP contribution >= 0.6 is 0 Å². The molecule has 2 rings (SSSR count). The molecule has 164 valence electrons. The van der Waals surface area contributed by atoms with Crippen molar-refractivity contribution in [2.45, 2.75) is 13.0 Å². The molecular weight excluding hydrogens is 408 g/mol. The van der Waals surface area contributed by atoms with Crippen LogP contribution in [-0.4, -0.2) is 44.2 Å². The summed E-state index contributed by atoms with van der Waals surface area (Å²) in [6, 6.07) is 8.84. The summed E-state index contributed by atoms with van der Waals surface area (Å²) in [7, 11) is 4.37. The van der Waals surface area contributed by atoms with Crippen LogP contribution in [0, 0.1) is 10.1 Å². The number of rotatable bonds is 9. The molecule has 1 atom stereocenters. The van der Waals surface area contributed by atoms with Gasteiger partial charge in [-0.1, -0.05) is 6.07 Å². The van der Waals surface area contributed by atoms with Gasteiger partial charge in [-0.2, -0.15) is 0 Å². The van der Waals surface area contributed by atoms with E-state index >= 15 is 0 Å². The van der Waals surface area contributed by atoms with Gasteiger partial charge >= 0.3 is 5.97 Å². The number of carbonyl (C=O) groups is 2. The van der Waals surface area contributed by atoms with Gasteiger partial charge in [0, 0.05) is 18.2 Å². The monoisotopic (exact) mass is 430 g/mol. The summed E-state index contributed by atoms with van der Waals surface area (Å²) in [6.45, 7) is 1.38. The van der Waals surface area contributed by atoms with Gasteiger partial charge in [0.25, 0.3) is 11.6 Å². The van der Waals surface area contributed by atoms with E-state index in [0.717, 1.165) is 6.07 Å². The lowest BCUT2D eigenvalue weighted by Gasteiger charge is -2.14. The lowest BCUT2D eigenvalue weighted by Crippen LogP contribution is -2.29. The maximum Gasteiger partial charge on any atom is 0.331 e. The number of nitrogens with one attached hydrogen (secondary N) is 1. The predicted octanol–water partition coefficient (Wildman–Crippen LogP) is 3.20. The van der Waals surface area contributed by atoms with E-state index in [9.17, 15) is 19.7 Å². The Kier molecular flexibility index (Phi) is 7.95. The molecule has 0 heterocycles. The molecule has 0 spiro atoms. The van der Waals surface area contributed by atoms with Crippen molar-refractivity contribution < 1.29 is 33.5 Å². The number of benzene rings is 2. The van der Waals surface area contributed by atoms with Crippen LogP contribution in [0.3, 0.4) is 0 Å². The molecule has 0 aromatic heterocycles. The number of nitrogens with zero attached hydrogens (tertiary/aromatic N) is 1. The molecule has 1 N–H and O–H groups in total. The predicted molar refractivity (Wildman–Crippen MR) is 112 cm³/mol. The maximum atomic E-state index is 12.4. The van der Waals surface area contributed by atoms with Gasteiger partial charge in [-0.3, -0.25) is 14.9 Å². The molecule has 0 bridgehead atoms. The van der Waals surface area contributed by atoms with Crippen molar-refractivity contribution in [2.24, 2.45) is 0 Å². The quantitative estimate of drug-likeness (QED) is 0.278. The number of non-ortho nitro benzene ring substituents is 1. The Morgan fingerprint density at radius 1 is 1.00 bits per heavy atom. The van der Waals surface area contributed by atoms with E-state index in [1.165, 1.54) is 52.5 Å². The summed E-state index contributed by atoms with van der Waals surface area (Å²) in [6.07, 6.45) is 1.50. The van der Waals surface area contributed by atoms with Crippen molar-refractivity contribution in [3.8, 4) is 17.2 Å². The number of hydrogen-bond acceptors (Lipinski definition) is 8. The molecule has 0 radical (unpaired) electrons. The van der Waals surface area contributed by atoms with Gasteiger partial charge in [0.1, 0.15) is 5.75 Å². The minimum absolute atomic E-state index is 0.0884. The summed E-state index contributed by atoms with van der Waals surface area (Å²) in [5.41, 5.74) is 0.525. The number of methoxy groups -OCH3 is 3. The average Bonchev–Trinajstić information content (AvgIpc) is 2.77. The Labute approximate surface area is 178 Å². The first-order valence-electron chi connectivity index (χ1n) is 9.03. The van der Waals surface area contributed by atoms with Crippen LogP contribution in [-0.2, 0) is 14.3 Å². The minimum atomic E-state index is -1.16. The van der Waals surface area contributed by atoms with Gasteiger partial charge in [0.05, 0.1) is 31.9 Å². The highest BCUT2D eigenvalue weighted by Crippen LogP contribution is 2.29. The van der Waals surface area contributed by atoms with E-state index in [1.54, 1.807) is 18.2 Å². The van der Waals surface area contributed by atoms with Crippen LogP contribution in [0.4, 0.5) is 11.4 Å². The van der Waals surface area contributed by atoms with Crippen LogP contribution in [0.25, 0.3) is 6.08 Å². The molecule has 10 heteroatoms. The highest BCUT2D eigenvalue weighted by Gasteiger charge is 2.20. The van der Waals surface area contributed by atoms with Crippen molar-refractivity contribution in [3.63, 3.8) is 0 Å². The van der Waals surface area contributed by atoms with E-state index in [0.29, 0.717) is 17.1 Å². The number of nitro benzene ring substituents is 1. The number of anilines is 1. The summed E-state index contributed by atoms with van der Waals surface area (Å²) in [4.78, 5) is 34.8. The van der Waals surface area contributed by atoms with E-state index in [-0.39, 0.29) is 17.1 Å². The average molecular weight is 430 g/mol. The van der Waals surface area contributed by atoms with Crippen molar-refractivity contribution >= 4 is 29.3 Å². The van der Waals surface area contributed by atoms with E-state index in [4.69, 9.17) is 18.9 Å². The number of carbonyl (C=O) groups excluding carboxylic acids is 2. The maximum absolute atomic E-state index is 12.4. The molecule has 0 aliphatic carbocycles. The van der Waals surface area contributed by atoms with Crippen molar-refractivity contribution in [2.75, 3.05) is 26.6 Å². The number of ether oxygens (including phenoxy) is 4. The Hall–Kier alpha value is -4.08. The van der Waals surface area contributed by atoms with Crippen LogP contribution in [0.5, 0.6) is 17.2 Å². The SMILES string of the molecule is COc1ccc([N+](=O)[O-])cc1NC(=O)C(C)OC(=O)/C=C/c1ccc(OC)c(OC)c1. The number of hydrogen-bond donors (Lipinski definition) is 1. The van der Waals surface area contributed by atoms with Crippen LogP contribution in [0.1, 0.15) is 12.5 Å². The van der Waals surface area contributed by atoms with Crippen LogP contribution in [0.2, 0.25) is 0 Å². The van der Waals surface area contributed by atoms with Crippen molar-refractivity contribution in [1.29, 1.82) is 0 Å². The van der Waals surface area contributed by atoms with Gasteiger partial charge in [0.15, 0.2) is 17.6 Å². The molecule has 0 saturated heterocycles. The van der Waals surface area contributed by atoms with Gasteiger partial charge in [-0.25, -0.2) is 4.79 Å². The fraction of sp³-hybridized carbons (Fsp3) is 0.238. The fourth-order valence-electron chi connectivity index (χ4n) is 2.53. The molecule has 2 aromatic rings. The van der Waals surface area contributed by atoms with E-state index < -0.39 is 22.9 Å². The second-order valence-corrected chi connectivity index (χ2v) is 6.16. The minimum Gasteiger partial charge on any atom is -0.495 e. The highest BCUT2D eigenvalue weighted by molar-refractivity contribution is 5.97. The molecule has 1 unspecified atom stereocenters. The third-order valence-electron chi connectivity index (χ3n) is 4.13. The van der Waals surface area contributed by atoms with E-state index in [1.807, 2.05) is 0 Å². The van der Waals surface area contributed by atoms with Crippen molar-refractivity contribution in [3.05, 3.63) is 58.2 Å². The van der Waals surface area contributed by atoms with Crippen molar-refractivity contribution in [1.82, 2.24) is 0 Å². The zero-order chi connectivity index (χ0) is 23.0. The first kappa shape index (κ1) is 23.2. The number of amides is 1. The lowest BCUT2D eigenvalue weighted by atomic mass is 10.2. The van der Waals surface area contributed by atoms with E-state index in [2.05, 4.69) is 5.32 Å². The Morgan fingerprint density at radius 2 is 1.65 bits per heavy atom. The third-order valence-corrected chi connectivity index (χ3v) is 4.13. The van der Waals surface area contributed by atoms with Gasteiger partial charge < -0.3 is 24.3 Å². The second kappa shape index (κ2) is 10.6. The molecule has 1 amide bonds. The van der Waals surface area contributed by atoms with Gasteiger partial charge in [-0.15, -0.1) is 0 Å². The Balaban J connectivity index is 2.03. The van der Waals surface area contributed by atoms with Gasteiger partial charge in [-0.05, 0) is 36.8 Å². The molecular formula is C21H22N2O8. The smallest absolute Gasteiger partial charge is 0.331 e. The highest BCUT2D eigenvalue weighted by atomic mass is 16.6. The molecule has 0 aliphatic heterocycles. The summed E-state index contributed by atoms with van der Waals surface area (Å²) < 4.78 is 20.5.